The molecule has 0 spiro atoms. The Morgan fingerprint density at radius 2 is 1.17 bits per heavy atom. The Kier molecular flexibility index (Phi) is 3.73. The van der Waals surface area contributed by atoms with Gasteiger partial charge in [0.1, 0.15) is 0 Å². The average molecular weight is 174 g/mol. The zero-order valence-electron chi connectivity index (χ0n) is 7.44. The van der Waals surface area contributed by atoms with E-state index in [-0.39, 0.29) is 5.92 Å². The van der Waals surface area contributed by atoms with Crippen molar-refractivity contribution in [1.82, 2.24) is 0 Å². The molecule has 2 unspecified atom stereocenters. The minimum atomic E-state index is -0.949. The summed E-state index contributed by atoms with van der Waals surface area (Å²) in [4.78, 5) is 20.9. The fourth-order valence-corrected chi connectivity index (χ4v) is 0.883. The van der Waals surface area contributed by atoms with Crippen molar-refractivity contribution in [3.63, 3.8) is 0 Å². The van der Waals surface area contributed by atoms with Crippen LogP contribution in [-0.4, -0.2) is 22.2 Å². The Labute approximate surface area is 71.2 Å². The van der Waals surface area contributed by atoms with Crippen LogP contribution < -0.4 is 0 Å². The van der Waals surface area contributed by atoms with Crippen LogP contribution >= 0.6 is 0 Å². The molecule has 2 N–H and O–H groups in total. The van der Waals surface area contributed by atoms with Crippen LogP contribution in [-0.2, 0) is 9.59 Å². The molecule has 0 aliphatic carbocycles. The van der Waals surface area contributed by atoms with E-state index >= 15 is 0 Å². The second kappa shape index (κ2) is 4.09. The van der Waals surface area contributed by atoms with Gasteiger partial charge in [-0.25, -0.2) is 0 Å². The molecule has 4 nitrogen and oxygen atoms in total. The van der Waals surface area contributed by atoms with Crippen molar-refractivity contribution < 1.29 is 19.8 Å². The molecule has 0 aromatic carbocycles. The van der Waals surface area contributed by atoms with Gasteiger partial charge < -0.3 is 10.2 Å². The number of carbonyl (C=O) groups is 2. The summed E-state index contributed by atoms with van der Waals surface area (Å²) in [6.45, 7) is 4.68. The minimum Gasteiger partial charge on any atom is -0.481 e. The van der Waals surface area contributed by atoms with Gasteiger partial charge in [-0.15, -0.1) is 0 Å². The Bertz CT molecular complexity index is 167. The van der Waals surface area contributed by atoms with Gasteiger partial charge in [-0.2, -0.15) is 0 Å². The Balaban J connectivity index is 4.28. The number of hydrogen-bond acceptors (Lipinski definition) is 2. The number of carboxylic acids is 2. The van der Waals surface area contributed by atoms with Gasteiger partial charge in [-0.1, -0.05) is 20.8 Å². The van der Waals surface area contributed by atoms with Crippen molar-refractivity contribution in [3.05, 3.63) is 0 Å². The van der Waals surface area contributed by atoms with Gasteiger partial charge in [-0.05, 0) is 5.92 Å². The van der Waals surface area contributed by atoms with E-state index in [1.807, 2.05) is 0 Å². The summed E-state index contributed by atoms with van der Waals surface area (Å²) in [5.74, 6) is -3.47. The first-order chi connectivity index (χ1) is 5.37. The van der Waals surface area contributed by atoms with E-state index < -0.39 is 23.8 Å². The summed E-state index contributed by atoms with van der Waals surface area (Å²) in [6, 6.07) is 0. The standard InChI is InChI=1S/C8H14O4/c1-4(5(2)7(9)10)6(3)8(11)12/h4-6H,1-3H3,(H,9,10)(H,11,12). The highest BCUT2D eigenvalue weighted by Crippen LogP contribution is 2.20. The van der Waals surface area contributed by atoms with Crippen LogP contribution in [0.1, 0.15) is 20.8 Å². The molecule has 0 bridgehead atoms. The van der Waals surface area contributed by atoms with E-state index in [0.717, 1.165) is 0 Å². The summed E-state index contributed by atoms with van der Waals surface area (Å²) in [5, 5.41) is 17.2. The molecule has 0 heterocycles. The van der Waals surface area contributed by atoms with Crippen molar-refractivity contribution in [2.75, 3.05) is 0 Å². The summed E-state index contributed by atoms with van der Waals surface area (Å²) in [7, 11) is 0. The highest BCUT2D eigenvalue weighted by molar-refractivity contribution is 5.73. The molecule has 0 aromatic rings. The number of aliphatic carboxylic acids is 2. The Morgan fingerprint density at radius 3 is 1.33 bits per heavy atom. The van der Waals surface area contributed by atoms with Crippen LogP contribution in [0, 0.1) is 17.8 Å². The maximum absolute atomic E-state index is 10.5. The van der Waals surface area contributed by atoms with E-state index in [1.54, 1.807) is 6.92 Å². The number of hydrogen-bond donors (Lipinski definition) is 2. The van der Waals surface area contributed by atoms with Crippen molar-refractivity contribution in [2.45, 2.75) is 20.8 Å². The predicted octanol–water partition coefficient (Wildman–Crippen LogP) is 1.06. The fraction of sp³-hybridized carbons (Fsp3) is 0.750. The highest BCUT2D eigenvalue weighted by atomic mass is 16.4. The van der Waals surface area contributed by atoms with Gasteiger partial charge in [-0.3, -0.25) is 9.59 Å². The molecule has 4 heteroatoms. The third-order valence-corrected chi connectivity index (χ3v) is 2.36. The zero-order valence-corrected chi connectivity index (χ0v) is 7.44. The molecule has 2 atom stereocenters. The second-order valence-corrected chi connectivity index (χ2v) is 3.11. The molecule has 0 fully saturated rings. The van der Waals surface area contributed by atoms with Crippen molar-refractivity contribution >= 4 is 11.9 Å². The second-order valence-electron chi connectivity index (χ2n) is 3.11. The quantitative estimate of drug-likeness (QED) is 0.668. The van der Waals surface area contributed by atoms with Gasteiger partial charge in [0.05, 0.1) is 11.8 Å². The van der Waals surface area contributed by atoms with Gasteiger partial charge in [0.25, 0.3) is 0 Å². The van der Waals surface area contributed by atoms with Crippen molar-refractivity contribution in [1.29, 1.82) is 0 Å². The lowest BCUT2D eigenvalue weighted by molar-refractivity contribution is -0.147. The van der Waals surface area contributed by atoms with Crippen LogP contribution in [0.2, 0.25) is 0 Å². The third kappa shape index (κ3) is 2.53. The van der Waals surface area contributed by atoms with Gasteiger partial charge in [0.15, 0.2) is 0 Å². The fourth-order valence-electron chi connectivity index (χ4n) is 0.883. The molecule has 0 aliphatic rings. The molecule has 0 saturated carbocycles. The average Bonchev–Trinajstić information content (AvgIpc) is 2.00. The Morgan fingerprint density at radius 1 is 0.917 bits per heavy atom. The minimum absolute atomic E-state index is 0.347. The van der Waals surface area contributed by atoms with Crippen LogP contribution in [0.25, 0.3) is 0 Å². The Hall–Kier alpha value is -1.06. The normalized spacial score (nSPS) is 17.9. The maximum atomic E-state index is 10.5. The number of carboxylic acid groups (broad SMARTS) is 2. The van der Waals surface area contributed by atoms with E-state index in [4.69, 9.17) is 10.2 Å². The first-order valence-corrected chi connectivity index (χ1v) is 3.83. The predicted molar refractivity (Wildman–Crippen MR) is 42.8 cm³/mol. The van der Waals surface area contributed by atoms with Crippen molar-refractivity contribution in [2.24, 2.45) is 17.8 Å². The molecular formula is C8H14O4. The summed E-state index contributed by atoms with van der Waals surface area (Å²) >= 11 is 0. The molecule has 0 rings (SSSR count). The molecule has 70 valence electrons. The van der Waals surface area contributed by atoms with Gasteiger partial charge in [0, 0.05) is 0 Å². The van der Waals surface area contributed by atoms with Crippen LogP contribution in [0.4, 0.5) is 0 Å². The lowest BCUT2D eigenvalue weighted by atomic mass is 9.85. The summed E-state index contributed by atoms with van der Waals surface area (Å²) in [6.07, 6.45) is 0. The lowest BCUT2D eigenvalue weighted by Crippen LogP contribution is -2.28. The topological polar surface area (TPSA) is 74.6 Å². The monoisotopic (exact) mass is 174 g/mol. The molecule has 0 radical (unpaired) electrons. The lowest BCUT2D eigenvalue weighted by Gasteiger charge is -2.19. The van der Waals surface area contributed by atoms with Crippen LogP contribution in [0.3, 0.4) is 0 Å². The van der Waals surface area contributed by atoms with E-state index in [1.165, 1.54) is 13.8 Å². The molecule has 12 heavy (non-hydrogen) atoms. The molecule has 0 aliphatic heterocycles. The summed E-state index contributed by atoms with van der Waals surface area (Å²) in [5.41, 5.74) is 0. The van der Waals surface area contributed by atoms with Crippen molar-refractivity contribution in [3.8, 4) is 0 Å². The largest absolute Gasteiger partial charge is 0.481 e. The highest BCUT2D eigenvalue weighted by Gasteiger charge is 2.28. The number of rotatable bonds is 4. The molecule has 0 saturated heterocycles. The van der Waals surface area contributed by atoms with E-state index in [2.05, 4.69) is 0 Å². The van der Waals surface area contributed by atoms with Crippen LogP contribution in [0.15, 0.2) is 0 Å². The zero-order chi connectivity index (χ0) is 9.89. The molecule has 0 aromatic heterocycles. The van der Waals surface area contributed by atoms with Crippen LogP contribution in [0.5, 0.6) is 0 Å². The SMILES string of the molecule is CC(C(=O)O)C(C)C(C)C(=O)O. The summed E-state index contributed by atoms with van der Waals surface area (Å²) < 4.78 is 0. The van der Waals surface area contributed by atoms with E-state index in [9.17, 15) is 9.59 Å². The maximum Gasteiger partial charge on any atom is 0.306 e. The first-order valence-electron chi connectivity index (χ1n) is 3.83. The third-order valence-electron chi connectivity index (χ3n) is 2.36. The smallest absolute Gasteiger partial charge is 0.306 e. The van der Waals surface area contributed by atoms with Gasteiger partial charge >= 0.3 is 11.9 Å². The molecule has 0 amide bonds. The first kappa shape index (κ1) is 10.9. The van der Waals surface area contributed by atoms with Gasteiger partial charge in [0.2, 0.25) is 0 Å². The molecular weight excluding hydrogens is 160 g/mol. The van der Waals surface area contributed by atoms with E-state index in [0.29, 0.717) is 0 Å².